The van der Waals surface area contributed by atoms with Gasteiger partial charge in [0, 0.05) is 18.5 Å². The van der Waals surface area contributed by atoms with Gasteiger partial charge in [0.25, 0.3) is 0 Å². The van der Waals surface area contributed by atoms with Crippen molar-refractivity contribution >= 4 is 5.91 Å². The minimum atomic E-state index is -0.333. The third-order valence-electron chi connectivity index (χ3n) is 3.64. The highest BCUT2D eigenvalue weighted by molar-refractivity contribution is 5.77. The Labute approximate surface area is 126 Å². The topological polar surface area (TPSA) is 40.5 Å². The molecule has 1 amide bonds. The summed E-state index contributed by atoms with van der Waals surface area (Å²) in [6.07, 6.45) is 2.66. The van der Waals surface area contributed by atoms with Gasteiger partial charge < -0.3 is 10.0 Å². The van der Waals surface area contributed by atoms with E-state index in [0.29, 0.717) is 18.4 Å². The number of benzene rings is 1. The Bertz CT molecular complexity index is 472. The average molecular weight is 293 g/mol. The first kappa shape index (κ1) is 17.4. The van der Waals surface area contributed by atoms with Gasteiger partial charge in [0.1, 0.15) is 5.82 Å². The fourth-order valence-corrected chi connectivity index (χ4v) is 2.16. The molecule has 0 heterocycles. The lowest BCUT2D eigenvalue weighted by Crippen LogP contribution is -2.42. The van der Waals surface area contributed by atoms with Crippen molar-refractivity contribution in [3.8, 4) is 0 Å². The fourth-order valence-electron chi connectivity index (χ4n) is 2.16. The van der Waals surface area contributed by atoms with Crippen LogP contribution in [0.5, 0.6) is 0 Å². The zero-order valence-electron chi connectivity index (χ0n) is 12.8. The van der Waals surface area contributed by atoms with Crippen LogP contribution in [0.25, 0.3) is 0 Å². The Morgan fingerprint density at radius 2 is 2.14 bits per heavy atom. The van der Waals surface area contributed by atoms with Gasteiger partial charge in [0.2, 0.25) is 5.91 Å². The average Bonchev–Trinajstić information content (AvgIpc) is 2.49. The minimum absolute atomic E-state index is 0.0526. The Morgan fingerprint density at radius 3 is 2.67 bits per heavy atom. The molecule has 0 aliphatic carbocycles. The van der Waals surface area contributed by atoms with Crippen LogP contribution in [0.3, 0.4) is 0 Å². The SMILES string of the molecule is C=C[C@@H](C)CC(=O)N(Cc1ccccc1F)[C@H](CC)CO. The van der Waals surface area contributed by atoms with E-state index in [-0.39, 0.29) is 36.8 Å². The molecule has 0 unspecified atom stereocenters. The maximum Gasteiger partial charge on any atom is 0.223 e. The molecule has 1 rings (SSSR count). The maximum absolute atomic E-state index is 13.8. The Balaban J connectivity index is 2.94. The molecule has 0 fully saturated rings. The van der Waals surface area contributed by atoms with Crippen LogP contribution in [0.1, 0.15) is 32.3 Å². The number of carbonyl (C=O) groups is 1. The number of nitrogens with zero attached hydrogens (tertiary/aromatic N) is 1. The zero-order valence-corrected chi connectivity index (χ0v) is 12.8. The number of allylic oxidation sites excluding steroid dienone is 1. The van der Waals surface area contributed by atoms with E-state index in [9.17, 15) is 14.3 Å². The third kappa shape index (κ3) is 4.97. The molecule has 1 N–H and O–H groups in total. The number of aliphatic hydroxyl groups excluding tert-OH is 1. The van der Waals surface area contributed by atoms with Gasteiger partial charge in [-0.25, -0.2) is 4.39 Å². The summed E-state index contributed by atoms with van der Waals surface area (Å²) in [5.41, 5.74) is 0.462. The molecule has 21 heavy (non-hydrogen) atoms. The van der Waals surface area contributed by atoms with Crippen LogP contribution in [-0.4, -0.2) is 28.6 Å². The molecule has 0 radical (unpaired) electrons. The lowest BCUT2D eigenvalue weighted by molar-refractivity contribution is -0.136. The highest BCUT2D eigenvalue weighted by Gasteiger charge is 2.23. The summed E-state index contributed by atoms with van der Waals surface area (Å²) in [5.74, 6) is -0.372. The van der Waals surface area contributed by atoms with Gasteiger partial charge in [-0.3, -0.25) is 4.79 Å². The van der Waals surface area contributed by atoms with Gasteiger partial charge in [0.05, 0.1) is 12.6 Å². The number of halogens is 1. The highest BCUT2D eigenvalue weighted by Crippen LogP contribution is 2.17. The highest BCUT2D eigenvalue weighted by atomic mass is 19.1. The maximum atomic E-state index is 13.8. The largest absolute Gasteiger partial charge is 0.394 e. The van der Waals surface area contributed by atoms with Crippen molar-refractivity contribution in [2.45, 2.75) is 39.3 Å². The molecular weight excluding hydrogens is 269 g/mol. The summed E-state index contributed by atoms with van der Waals surface area (Å²) in [4.78, 5) is 14.0. The minimum Gasteiger partial charge on any atom is -0.394 e. The predicted molar refractivity (Wildman–Crippen MR) is 82.1 cm³/mol. The molecule has 1 aromatic carbocycles. The molecule has 0 saturated carbocycles. The molecule has 0 spiro atoms. The number of carbonyl (C=O) groups excluding carboxylic acids is 1. The molecule has 0 saturated heterocycles. The van der Waals surface area contributed by atoms with E-state index in [1.807, 2.05) is 13.8 Å². The van der Waals surface area contributed by atoms with Gasteiger partial charge in [-0.05, 0) is 18.4 Å². The molecule has 2 atom stereocenters. The summed E-state index contributed by atoms with van der Waals surface area (Å²) in [6, 6.07) is 6.11. The Kier molecular flexibility index (Phi) is 7.09. The van der Waals surface area contributed by atoms with Crippen LogP contribution >= 0.6 is 0 Å². The van der Waals surface area contributed by atoms with Crippen molar-refractivity contribution in [3.05, 3.63) is 48.3 Å². The molecule has 4 heteroatoms. The van der Waals surface area contributed by atoms with Crippen molar-refractivity contribution in [1.29, 1.82) is 0 Å². The van der Waals surface area contributed by atoms with E-state index in [1.165, 1.54) is 6.07 Å². The first-order chi connectivity index (χ1) is 10.0. The van der Waals surface area contributed by atoms with Gasteiger partial charge in [0.15, 0.2) is 0 Å². The van der Waals surface area contributed by atoms with Crippen molar-refractivity contribution in [1.82, 2.24) is 4.90 Å². The summed E-state index contributed by atoms with van der Waals surface area (Å²) in [6.45, 7) is 7.54. The smallest absolute Gasteiger partial charge is 0.223 e. The quantitative estimate of drug-likeness (QED) is 0.748. The number of rotatable bonds is 8. The molecule has 0 bridgehead atoms. The van der Waals surface area contributed by atoms with E-state index < -0.39 is 0 Å². The van der Waals surface area contributed by atoms with E-state index in [2.05, 4.69) is 6.58 Å². The number of amides is 1. The summed E-state index contributed by atoms with van der Waals surface area (Å²) in [7, 11) is 0. The van der Waals surface area contributed by atoms with Crippen molar-refractivity contribution in [2.24, 2.45) is 5.92 Å². The molecule has 3 nitrogen and oxygen atoms in total. The van der Waals surface area contributed by atoms with Gasteiger partial charge >= 0.3 is 0 Å². The molecular formula is C17H24FNO2. The lowest BCUT2D eigenvalue weighted by atomic mass is 10.0. The Morgan fingerprint density at radius 1 is 1.48 bits per heavy atom. The predicted octanol–water partition coefficient (Wildman–Crippen LogP) is 3.14. The van der Waals surface area contributed by atoms with E-state index >= 15 is 0 Å². The van der Waals surface area contributed by atoms with Crippen LogP contribution in [0.15, 0.2) is 36.9 Å². The fraction of sp³-hybridized carbons (Fsp3) is 0.471. The summed E-state index contributed by atoms with van der Waals surface area (Å²) < 4.78 is 13.8. The van der Waals surface area contributed by atoms with E-state index in [1.54, 1.807) is 29.2 Å². The van der Waals surface area contributed by atoms with E-state index in [4.69, 9.17) is 0 Å². The van der Waals surface area contributed by atoms with Gasteiger partial charge in [-0.15, -0.1) is 6.58 Å². The Hall–Kier alpha value is -1.68. The summed E-state index contributed by atoms with van der Waals surface area (Å²) in [5, 5.41) is 9.48. The molecule has 116 valence electrons. The van der Waals surface area contributed by atoms with E-state index in [0.717, 1.165) is 0 Å². The molecule has 0 aliphatic rings. The molecule has 0 aromatic heterocycles. The van der Waals surface area contributed by atoms with Crippen molar-refractivity contribution in [2.75, 3.05) is 6.61 Å². The second kappa shape index (κ2) is 8.57. The standard InChI is InChI=1S/C17H24FNO2/c1-4-13(3)10-17(21)19(15(5-2)12-20)11-14-8-6-7-9-16(14)18/h4,6-9,13,15,20H,1,5,10-12H2,2-3H3/t13-,15-/m1/s1. The molecule has 0 aliphatic heterocycles. The summed E-state index contributed by atoms with van der Waals surface area (Å²) >= 11 is 0. The second-order valence-electron chi connectivity index (χ2n) is 5.27. The zero-order chi connectivity index (χ0) is 15.8. The monoisotopic (exact) mass is 293 g/mol. The van der Waals surface area contributed by atoms with Crippen LogP contribution in [0.4, 0.5) is 4.39 Å². The first-order valence-electron chi connectivity index (χ1n) is 7.29. The van der Waals surface area contributed by atoms with Crippen LogP contribution < -0.4 is 0 Å². The van der Waals surface area contributed by atoms with Crippen LogP contribution in [-0.2, 0) is 11.3 Å². The number of hydrogen-bond acceptors (Lipinski definition) is 2. The van der Waals surface area contributed by atoms with Gasteiger partial charge in [-0.2, -0.15) is 0 Å². The third-order valence-corrected chi connectivity index (χ3v) is 3.64. The van der Waals surface area contributed by atoms with Crippen LogP contribution in [0.2, 0.25) is 0 Å². The first-order valence-corrected chi connectivity index (χ1v) is 7.29. The van der Waals surface area contributed by atoms with Crippen LogP contribution in [0, 0.1) is 11.7 Å². The van der Waals surface area contributed by atoms with Crippen molar-refractivity contribution < 1.29 is 14.3 Å². The lowest BCUT2D eigenvalue weighted by Gasteiger charge is -2.31. The number of aliphatic hydroxyl groups is 1. The van der Waals surface area contributed by atoms with Crippen molar-refractivity contribution in [3.63, 3.8) is 0 Å². The normalized spacial score (nSPS) is 13.5. The second-order valence-corrected chi connectivity index (χ2v) is 5.27. The van der Waals surface area contributed by atoms with Gasteiger partial charge in [-0.1, -0.05) is 38.1 Å². The number of hydrogen-bond donors (Lipinski definition) is 1. The molecule has 1 aromatic rings.